The topological polar surface area (TPSA) is 307 Å². The van der Waals surface area contributed by atoms with Crippen molar-refractivity contribution in [1.29, 1.82) is 0 Å². The number of aryl methyl sites for hydroxylation is 4. The van der Waals surface area contributed by atoms with Gasteiger partial charge >= 0.3 is 0 Å². The van der Waals surface area contributed by atoms with Crippen molar-refractivity contribution in [3.8, 4) is 57.6 Å². The van der Waals surface area contributed by atoms with Crippen LogP contribution in [0.5, 0.6) is 11.5 Å². The molecule has 0 aliphatic carbocycles. The number of thiophene rings is 4. The number of halogens is 3. The first kappa shape index (κ1) is 102. The van der Waals surface area contributed by atoms with Crippen molar-refractivity contribution in [3.05, 3.63) is 216 Å². The Labute approximate surface area is 825 Å². The molecule has 4 aromatic carbocycles. The molecule has 0 amide bonds. The maximum atomic E-state index is 13.9. The Bertz CT molecular complexity index is 7060. The summed E-state index contributed by atoms with van der Waals surface area (Å²) < 4.78 is 54.5. The Hall–Kier alpha value is -8.90. The van der Waals surface area contributed by atoms with Gasteiger partial charge in [-0.2, -0.15) is 0 Å². The van der Waals surface area contributed by atoms with Gasteiger partial charge in [0.05, 0.1) is 75.6 Å². The van der Waals surface area contributed by atoms with Crippen LogP contribution >= 0.6 is 88.8 Å². The lowest BCUT2D eigenvalue weighted by molar-refractivity contribution is 0.0455. The van der Waals surface area contributed by atoms with Crippen molar-refractivity contribution < 1.29 is 43.0 Å². The summed E-state index contributed by atoms with van der Waals surface area (Å²) in [6, 6.07) is 34.8. The van der Waals surface area contributed by atoms with E-state index in [1.807, 2.05) is 147 Å². The molecule has 712 valence electrons. The lowest BCUT2D eigenvalue weighted by atomic mass is 10.0. The van der Waals surface area contributed by atoms with Gasteiger partial charge in [0.1, 0.15) is 53.8 Å². The molecule has 0 radical (unpaired) electrons. The molecule has 0 atom stereocenters. The number of hydrogen-bond acceptors (Lipinski definition) is 25. The van der Waals surface area contributed by atoms with Crippen LogP contribution in [0.25, 0.3) is 130 Å². The van der Waals surface area contributed by atoms with Crippen LogP contribution in [0.15, 0.2) is 171 Å². The molecular formula is C100H117Br2ClN12O13S4Si3. The van der Waals surface area contributed by atoms with E-state index in [9.17, 15) is 19.2 Å². The molecule has 0 saturated carbocycles. The number of hydrogen-bond donors (Lipinski definition) is 3. The second kappa shape index (κ2) is 47.2. The maximum Gasteiger partial charge on any atom is 0.263 e. The fourth-order valence-electron chi connectivity index (χ4n) is 15.4. The molecule has 3 N–H and O–H groups in total. The largest absolute Gasteiger partial charge is 0.493 e. The molecule has 19 rings (SSSR count). The van der Waals surface area contributed by atoms with Gasteiger partial charge in [-0.05, 0) is 264 Å². The van der Waals surface area contributed by atoms with Crippen LogP contribution in [0.1, 0.15) is 60.8 Å². The Morgan fingerprint density at radius 3 is 1.10 bits per heavy atom. The van der Waals surface area contributed by atoms with E-state index in [0.717, 1.165) is 168 Å². The Balaban J connectivity index is 0.000000137. The Morgan fingerprint density at radius 2 is 0.741 bits per heavy atom. The van der Waals surface area contributed by atoms with E-state index in [-0.39, 0.29) is 35.7 Å². The zero-order valence-electron chi connectivity index (χ0n) is 78.6. The van der Waals surface area contributed by atoms with Crippen molar-refractivity contribution in [2.75, 3.05) is 85.3 Å². The smallest absolute Gasteiger partial charge is 0.263 e. The molecule has 15 heterocycles. The first-order chi connectivity index (χ1) is 64.8. The third-order valence-corrected chi connectivity index (χ3v) is 33.1. The second-order valence-corrected chi connectivity index (χ2v) is 60.5. The minimum atomic E-state index is -1.26. The van der Waals surface area contributed by atoms with Gasteiger partial charge in [0, 0.05) is 124 Å². The van der Waals surface area contributed by atoms with Gasteiger partial charge in [-0.3, -0.25) is 48.2 Å². The number of benzene rings is 4. The van der Waals surface area contributed by atoms with Crippen LogP contribution in [0.3, 0.4) is 0 Å². The number of pyridine rings is 4. The molecule has 16 aromatic rings. The first-order valence-electron chi connectivity index (χ1n) is 45.5. The van der Waals surface area contributed by atoms with Crippen molar-refractivity contribution in [2.24, 2.45) is 17.8 Å². The van der Waals surface area contributed by atoms with Crippen molar-refractivity contribution >= 4 is 197 Å². The minimum Gasteiger partial charge on any atom is -0.493 e. The van der Waals surface area contributed by atoms with E-state index in [4.69, 9.17) is 69.6 Å². The molecule has 3 aliphatic rings. The molecule has 3 aliphatic heterocycles. The number of aliphatic hydroxyl groups excluding tert-OH is 1. The second-order valence-electron chi connectivity index (χ2n) is 37.8. The van der Waals surface area contributed by atoms with Gasteiger partial charge in [-0.15, -0.1) is 45.3 Å². The molecule has 35 heteroatoms. The molecule has 3 saturated heterocycles. The van der Waals surface area contributed by atoms with E-state index < -0.39 is 24.2 Å². The summed E-state index contributed by atoms with van der Waals surface area (Å²) >= 11 is 18.8. The zero-order chi connectivity index (χ0) is 95.7. The molecule has 12 aromatic heterocycles. The van der Waals surface area contributed by atoms with Gasteiger partial charge in [-0.25, -0.2) is 19.9 Å². The summed E-state index contributed by atoms with van der Waals surface area (Å²) in [7, 11) is -3.35. The standard InChI is InChI=1S/C28H35N3O4SSi.C22H24BrN3O2SSi.C22H21N3O3S.C16H10BrN3OS.C6H15ClOSi.C6H12O2/c1-19-13-22(35-17-20-5-8-33-9-6-20)15-23-26(19)30-27(24-14-21-7-11-36-25(21)16-29-24)31(28(23)32)18-34-10-12-37(2,3)4;1-14-9-16(23)11-17-20(14)25-21(18-10-15-5-7-29-19(15)12-24-18)26(22(17)27)13-28-6-8-30(2,3)4;1-13-8-16(28-12-14-2-5-27-6-3-14)10-17-20(13)24-21(25-22(17)26)18-9-15-4-7-29-19(15)11-23-18;1-8-4-10(17)6-11-14(8)19-15(20-16(11)21)12-5-9-2-3-22-13(9)7-18-12;1-9(2,3)5-4-8-6-7;7-5-6-1-3-8-4-2-6/h7,11,13-16,20H,5-6,8-10,12,17-18H2,1-4H3;5,7,9-12H,6,8,13H2,1-4H3;4,7-11,14H,2-3,5-6,12H2,1H3,(H,24,25,26);2-7H,1H3,(H,19,20,21);4-6H2,1-3H3;6-7H,1-5H2. The molecule has 25 nitrogen and oxygen atoms in total. The molecule has 0 unspecified atom stereocenters. The predicted molar refractivity (Wildman–Crippen MR) is 567 cm³/mol. The van der Waals surface area contributed by atoms with Crippen LogP contribution in [0, 0.1) is 45.4 Å². The summed E-state index contributed by atoms with van der Waals surface area (Å²) in [6.45, 7) is 37.5. The summed E-state index contributed by atoms with van der Waals surface area (Å²) in [4.78, 5) is 95.5. The highest BCUT2D eigenvalue weighted by molar-refractivity contribution is 9.10. The number of nitrogens with zero attached hydrogens (tertiary/aromatic N) is 10. The zero-order valence-corrected chi connectivity index (χ0v) is 88.8. The molecule has 0 spiro atoms. The number of aromatic amines is 2. The predicted octanol–water partition coefficient (Wildman–Crippen LogP) is 23.7. The van der Waals surface area contributed by atoms with Gasteiger partial charge in [0.2, 0.25) is 0 Å². The van der Waals surface area contributed by atoms with Gasteiger partial charge < -0.3 is 53.0 Å². The van der Waals surface area contributed by atoms with E-state index >= 15 is 0 Å². The summed E-state index contributed by atoms with van der Waals surface area (Å²) in [5, 5.41) is 23.4. The van der Waals surface area contributed by atoms with Crippen LogP contribution < -0.4 is 31.7 Å². The highest BCUT2D eigenvalue weighted by Crippen LogP contribution is 2.35. The number of alkyl halides is 1. The number of ether oxygens (including phenoxy) is 8. The average molecular weight is 2100 g/mol. The van der Waals surface area contributed by atoms with Crippen molar-refractivity contribution in [2.45, 2.75) is 157 Å². The number of rotatable bonds is 25. The van der Waals surface area contributed by atoms with E-state index in [2.05, 4.69) is 138 Å². The summed E-state index contributed by atoms with van der Waals surface area (Å²) in [5.41, 5.74) is 8.55. The highest BCUT2D eigenvalue weighted by Gasteiger charge is 2.25. The number of aliphatic hydroxyl groups is 1. The normalized spacial score (nSPS) is 14.1. The number of aromatic nitrogens is 12. The molecule has 0 bridgehead atoms. The van der Waals surface area contributed by atoms with Gasteiger partial charge in [-0.1, -0.05) is 102 Å². The average Bonchev–Trinajstić information content (AvgIpc) is 1.54. The van der Waals surface area contributed by atoms with Crippen LogP contribution in [-0.4, -0.2) is 174 Å². The van der Waals surface area contributed by atoms with Crippen molar-refractivity contribution in [3.63, 3.8) is 0 Å². The minimum absolute atomic E-state index is 0.111. The first-order valence-corrected chi connectivity index (χ1v) is 62.3. The summed E-state index contributed by atoms with van der Waals surface area (Å²) in [6.07, 6.45) is 13.4. The number of fused-ring (bicyclic) bond motifs is 8. The van der Waals surface area contributed by atoms with Crippen molar-refractivity contribution in [1.82, 2.24) is 59.0 Å². The van der Waals surface area contributed by atoms with E-state index in [0.29, 0.717) is 158 Å². The van der Waals surface area contributed by atoms with Crippen LogP contribution in [0.4, 0.5) is 0 Å². The Kier molecular flexibility index (Phi) is 35.6. The number of H-pyrrole nitrogens is 2. The van der Waals surface area contributed by atoms with Crippen LogP contribution in [-0.2, 0) is 41.9 Å². The fraction of sp³-hybridized carbons (Fsp3) is 0.400. The molecule has 3 fully saturated rings. The third kappa shape index (κ3) is 27.8. The highest BCUT2D eigenvalue weighted by atomic mass is 79.9. The lowest BCUT2D eigenvalue weighted by Crippen LogP contribution is -2.27. The molecular weight excluding hydrogens is 1980 g/mol. The monoisotopic (exact) mass is 2100 g/mol. The van der Waals surface area contributed by atoms with Gasteiger partial charge in [0.25, 0.3) is 22.2 Å². The van der Waals surface area contributed by atoms with Crippen LogP contribution in [0.2, 0.25) is 77.1 Å². The quantitative estimate of drug-likeness (QED) is 0.0272. The van der Waals surface area contributed by atoms with E-state index in [1.54, 1.807) is 66.6 Å². The van der Waals surface area contributed by atoms with E-state index in [1.165, 1.54) is 6.04 Å². The van der Waals surface area contributed by atoms with Gasteiger partial charge in [0.15, 0.2) is 23.3 Å². The fourth-order valence-corrected chi connectivity index (χ4v) is 21.8. The maximum absolute atomic E-state index is 13.9. The number of nitrogens with one attached hydrogen (secondary N) is 2. The Morgan fingerprint density at radius 1 is 0.422 bits per heavy atom. The lowest BCUT2D eigenvalue weighted by Gasteiger charge is -2.22. The summed E-state index contributed by atoms with van der Waals surface area (Å²) in [5.74, 6) is 4.94. The molecule has 135 heavy (non-hydrogen) atoms. The third-order valence-electron chi connectivity index (χ3n) is 23.4. The SMILES string of the molecule is C[Si](C)(C)CCOCCl.Cc1cc(Br)cc2c(=O)[nH]c(-c3cc4ccsc4cn3)nc12.Cc1cc(Br)cc2c(=O)n(COCC[Si](C)(C)C)c(-c3cc4ccsc4cn3)nc12.Cc1cc(OCC2CCOCC2)cc2c(=O)[nH]c(-c3cc4ccsc4cn3)nc12.Cc1cc(OCC2CCOCC2)cc2c(=O)n(COCC[Si](C)(C)C)c(-c3cc4ccsc4cn3)nc12.OCC1CCOCC1.